The van der Waals surface area contributed by atoms with E-state index in [2.05, 4.69) is 4.98 Å². The number of thiazole rings is 1. The molecule has 0 N–H and O–H groups in total. The fourth-order valence-electron chi connectivity index (χ4n) is 2.55. The quantitative estimate of drug-likeness (QED) is 0.852. The Kier molecular flexibility index (Phi) is 4.75. The lowest BCUT2D eigenvalue weighted by molar-refractivity contribution is -0.139. The van der Waals surface area contributed by atoms with Gasteiger partial charge < -0.3 is 9.80 Å². The lowest BCUT2D eigenvalue weighted by Gasteiger charge is -2.32. The van der Waals surface area contributed by atoms with E-state index in [1.165, 1.54) is 0 Å². The van der Waals surface area contributed by atoms with Crippen molar-refractivity contribution in [2.75, 3.05) is 20.1 Å². The molecule has 2 heterocycles. The molecule has 0 atom stereocenters. The summed E-state index contributed by atoms with van der Waals surface area (Å²) in [4.78, 5) is 31.6. The molecule has 0 saturated carbocycles. The van der Waals surface area contributed by atoms with Gasteiger partial charge >= 0.3 is 0 Å². The summed E-state index contributed by atoms with van der Waals surface area (Å²) in [5.41, 5.74) is 0.949. The number of piperidine rings is 1. The van der Waals surface area contributed by atoms with Gasteiger partial charge in [-0.1, -0.05) is 0 Å². The van der Waals surface area contributed by atoms with Crippen LogP contribution in [0.25, 0.3) is 0 Å². The van der Waals surface area contributed by atoms with Crippen molar-refractivity contribution in [2.45, 2.75) is 33.2 Å². The Morgan fingerprint density at radius 3 is 2.60 bits per heavy atom. The summed E-state index contributed by atoms with van der Waals surface area (Å²) in [7, 11) is 1.83. The van der Waals surface area contributed by atoms with E-state index >= 15 is 0 Å². The van der Waals surface area contributed by atoms with Crippen molar-refractivity contribution < 1.29 is 9.59 Å². The second-order valence-corrected chi connectivity index (χ2v) is 6.39. The van der Waals surface area contributed by atoms with Crippen LogP contribution >= 0.6 is 11.3 Å². The minimum atomic E-state index is 0.0373. The molecule has 110 valence electrons. The van der Waals surface area contributed by atoms with Gasteiger partial charge in [0, 0.05) is 38.4 Å². The molecule has 0 unspecified atom stereocenters. The average Bonchev–Trinajstić information content (AvgIpc) is 2.83. The lowest BCUT2D eigenvalue weighted by Crippen LogP contribution is -2.42. The third-order valence-corrected chi connectivity index (χ3v) is 4.55. The Labute approximate surface area is 123 Å². The number of aromatic nitrogens is 1. The molecule has 0 aromatic carbocycles. The number of amides is 2. The molecule has 0 bridgehead atoms. The Hall–Kier alpha value is -1.43. The number of aryl methyl sites for hydroxylation is 1. The van der Waals surface area contributed by atoms with Crippen LogP contribution in [0.1, 0.15) is 30.5 Å². The molecular formula is C14H21N3O2S. The van der Waals surface area contributed by atoms with Gasteiger partial charge in [0.15, 0.2) is 0 Å². The smallest absolute Gasteiger partial charge is 0.225 e. The van der Waals surface area contributed by atoms with Gasteiger partial charge in [-0.3, -0.25) is 9.59 Å². The van der Waals surface area contributed by atoms with Crippen LogP contribution in [0, 0.1) is 12.8 Å². The molecule has 1 aliphatic heterocycles. The highest BCUT2D eigenvalue weighted by Crippen LogP contribution is 2.20. The highest BCUT2D eigenvalue weighted by molar-refractivity contribution is 7.09. The van der Waals surface area contributed by atoms with Gasteiger partial charge in [0.25, 0.3) is 0 Å². The Morgan fingerprint density at radius 2 is 2.10 bits per heavy atom. The number of likely N-dealkylation sites (tertiary alicyclic amines) is 1. The van der Waals surface area contributed by atoms with Crippen LogP contribution in [-0.2, 0) is 16.1 Å². The minimum absolute atomic E-state index is 0.0373. The van der Waals surface area contributed by atoms with Crippen LogP contribution < -0.4 is 0 Å². The number of carbonyl (C=O) groups excluding carboxylic acids is 2. The molecule has 1 fully saturated rings. The minimum Gasteiger partial charge on any atom is -0.343 e. The number of carbonyl (C=O) groups is 2. The van der Waals surface area contributed by atoms with Crippen molar-refractivity contribution in [1.29, 1.82) is 0 Å². The molecule has 1 aromatic heterocycles. The standard InChI is InChI=1S/C14H21N3O2S/c1-10-15-13(9-20-10)8-16(3)14(19)12-4-6-17(7-5-12)11(2)18/h9,12H,4-8H2,1-3H3. The van der Waals surface area contributed by atoms with Crippen LogP contribution in [0.2, 0.25) is 0 Å². The fourth-order valence-corrected chi connectivity index (χ4v) is 3.16. The maximum absolute atomic E-state index is 12.4. The van der Waals surface area contributed by atoms with Crippen molar-refractivity contribution >= 4 is 23.2 Å². The first-order chi connectivity index (χ1) is 9.47. The van der Waals surface area contributed by atoms with Crippen molar-refractivity contribution in [3.63, 3.8) is 0 Å². The predicted molar refractivity (Wildman–Crippen MR) is 78.3 cm³/mol. The highest BCUT2D eigenvalue weighted by Gasteiger charge is 2.28. The van der Waals surface area contributed by atoms with Crippen LogP contribution in [0.4, 0.5) is 0 Å². The molecule has 6 heteroatoms. The molecule has 0 spiro atoms. The summed E-state index contributed by atoms with van der Waals surface area (Å²) < 4.78 is 0. The number of hydrogen-bond donors (Lipinski definition) is 0. The Balaban J connectivity index is 1.86. The monoisotopic (exact) mass is 295 g/mol. The first-order valence-corrected chi connectivity index (χ1v) is 7.77. The zero-order chi connectivity index (χ0) is 14.7. The van der Waals surface area contributed by atoms with Gasteiger partial charge in [0.05, 0.1) is 17.2 Å². The summed E-state index contributed by atoms with van der Waals surface area (Å²) in [6, 6.07) is 0. The topological polar surface area (TPSA) is 53.5 Å². The average molecular weight is 295 g/mol. The zero-order valence-corrected chi connectivity index (χ0v) is 13.1. The maximum atomic E-state index is 12.4. The SMILES string of the molecule is CC(=O)N1CCC(C(=O)N(C)Cc2csc(C)n2)CC1. The third-order valence-electron chi connectivity index (χ3n) is 3.73. The number of nitrogens with zero attached hydrogens (tertiary/aromatic N) is 3. The third kappa shape index (κ3) is 3.56. The van der Waals surface area contributed by atoms with Crippen molar-refractivity contribution in [2.24, 2.45) is 5.92 Å². The van der Waals surface area contributed by atoms with Crippen molar-refractivity contribution in [3.05, 3.63) is 16.1 Å². The van der Waals surface area contributed by atoms with E-state index in [1.54, 1.807) is 23.2 Å². The molecule has 5 nitrogen and oxygen atoms in total. The van der Waals surface area contributed by atoms with E-state index in [0.717, 1.165) is 23.5 Å². The molecule has 0 aliphatic carbocycles. The first kappa shape index (κ1) is 15.0. The summed E-state index contributed by atoms with van der Waals surface area (Å²) in [6.07, 6.45) is 1.53. The van der Waals surface area contributed by atoms with Gasteiger partial charge in [0.2, 0.25) is 11.8 Å². The van der Waals surface area contributed by atoms with Gasteiger partial charge in [-0.25, -0.2) is 4.98 Å². The largest absolute Gasteiger partial charge is 0.343 e. The summed E-state index contributed by atoms with van der Waals surface area (Å²) in [6.45, 7) is 5.49. The van der Waals surface area contributed by atoms with E-state index in [9.17, 15) is 9.59 Å². The van der Waals surface area contributed by atoms with E-state index in [-0.39, 0.29) is 17.7 Å². The highest BCUT2D eigenvalue weighted by atomic mass is 32.1. The predicted octanol–water partition coefficient (Wildman–Crippen LogP) is 1.67. The fraction of sp³-hybridized carbons (Fsp3) is 0.643. The number of rotatable bonds is 3. The first-order valence-electron chi connectivity index (χ1n) is 6.89. The van der Waals surface area contributed by atoms with Gasteiger partial charge in [-0.2, -0.15) is 0 Å². The lowest BCUT2D eigenvalue weighted by atomic mass is 9.95. The molecule has 0 radical (unpaired) electrons. The summed E-state index contributed by atoms with van der Waals surface area (Å²) >= 11 is 1.60. The molecule has 1 saturated heterocycles. The van der Waals surface area contributed by atoms with E-state index in [4.69, 9.17) is 0 Å². The molecular weight excluding hydrogens is 274 g/mol. The van der Waals surface area contributed by atoms with Gasteiger partial charge in [0.1, 0.15) is 0 Å². The van der Waals surface area contributed by atoms with Crippen LogP contribution in [0.5, 0.6) is 0 Å². The summed E-state index contributed by atoms with van der Waals surface area (Å²) in [5, 5.41) is 3.02. The van der Waals surface area contributed by atoms with Gasteiger partial charge in [-0.05, 0) is 19.8 Å². The maximum Gasteiger partial charge on any atom is 0.225 e. The van der Waals surface area contributed by atoms with Crippen molar-refractivity contribution in [1.82, 2.24) is 14.8 Å². The Morgan fingerprint density at radius 1 is 1.45 bits per heavy atom. The molecule has 2 rings (SSSR count). The van der Waals surface area contributed by atoms with Crippen LogP contribution in [0.3, 0.4) is 0 Å². The summed E-state index contributed by atoms with van der Waals surface area (Å²) in [5.74, 6) is 0.302. The molecule has 20 heavy (non-hydrogen) atoms. The molecule has 1 aliphatic rings. The van der Waals surface area contributed by atoms with E-state index in [0.29, 0.717) is 19.6 Å². The van der Waals surface area contributed by atoms with E-state index in [1.807, 2.05) is 24.3 Å². The normalized spacial score (nSPS) is 16.2. The second kappa shape index (κ2) is 6.35. The molecule has 2 amide bonds. The van der Waals surface area contributed by atoms with Crippen LogP contribution in [0.15, 0.2) is 5.38 Å². The Bertz CT molecular complexity index is 492. The van der Waals surface area contributed by atoms with Crippen LogP contribution in [-0.4, -0.2) is 46.7 Å². The number of hydrogen-bond acceptors (Lipinski definition) is 4. The zero-order valence-electron chi connectivity index (χ0n) is 12.3. The second-order valence-electron chi connectivity index (χ2n) is 5.33. The molecule has 1 aromatic rings. The van der Waals surface area contributed by atoms with Gasteiger partial charge in [-0.15, -0.1) is 11.3 Å². The van der Waals surface area contributed by atoms with Crippen molar-refractivity contribution in [3.8, 4) is 0 Å². The van der Waals surface area contributed by atoms with E-state index < -0.39 is 0 Å².